The number of rotatable bonds is 3. The van der Waals surface area contributed by atoms with E-state index >= 15 is 0 Å². The Balaban J connectivity index is 2.69. The monoisotopic (exact) mass is 250 g/mol. The Bertz CT molecular complexity index is 674. The summed E-state index contributed by atoms with van der Waals surface area (Å²) in [5.41, 5.74) is 0.244. The van der Waals surface area contributed by atoms with Crippen molar-refractivity contribution in [1.82, 2.24) is 0 Å². The Morgan fingerprint density at radius 3 is 2.47 bits per heavy atom. The van der Waals surface area contributed by atoms with Gasteiger partial charge in [0, 0.05) is 0 Å². The molecule has 0 aliphatic rings. The lowest BCUT2D eigenvalue weighted by Crippen LogP contribution is -2.07. The van der Waals surface area contributed by atoms with Gasteiger partial charge in [-0.25, -0.2) is 0 Å². The maximum atomic E-state index is 11.1. The minimum Gasteiger partial charge on any atom is -0.382 e. The van der Waals surface area contributed by atoms with Crippen LogP contribution in [-0.2, 0) is 10.1 Å². The Hall–Kier alpha value is -1.88. The second-order valence-electron chi connectivity index (χ2n) is 3.60. The molecular formula is C12H10O4S. The first-order valence-electron chi connectivity index (χ1n) is 4.87. The summed E-state index contributed by atoms with van der Waals surface area (Å²) < 4.78 is 26.9. The third-order valence-corrected chi connectivity index (χ3v) is 2.77. The van der Waals surface area contributed by atoms with Crippen LogP contribution in [0.1, 0.15) is 10.4 Å². The standard InChI is InChI=1S/C12H10O4S/c1-17(14,15)16-12-7-6-9-4-2-3-5-10(9)11(12)8-13/h2-8H,1H3. The topological polar surface area (TPSA) is 60.4 Å². The van der Waals surface area contributed by atoms with Crippen LogP contribution >= 0.6 is 0 Å². The van der Waals surface area contributed by atoms with E-state index in [1.54, 1.807) is 18.2 Å². The highest BCUT2D eigenvalue weighted by molar-refractivity contribution is 7.86. The summed E-state index contributed by atoms with van der Waals surface area (Å²) in [5.74, 6) is 0.0567. The number of fused-ring (bicyclic) bond motifs is 1. The molecule has 0 bridgehead atoms. The van der Waals surface area contributed by atoms with Gasteiger partial charge in [-0.15, -0.1) is 0 Å². The lowest BCUT2D eigenvalue weighted by molar-refractivity contribution is 0.112. The molecule has 2 rings (SSSR count). The summed E-state index contributed by atoms with van der Waals surface area (Å²) in [5, 5.41) is 1.53. The molecule has 0 saturated heterocycles. The van der Waals surface area contributed by atoms with Gasteiger partial charge in [0.05, 0.1) is 11.8 Å². The van der Waals surface area contributed by atoms with E-state index in [2.05, 4.69) is 0 Å². The van der Waals surface area contributed by atoms with Crippen LogP contribution in [0.15, 0.2) is 36.4 Å². The van der Waals surface area contributed by atoms with E-state index in [1.165, 1.54) is 6.07 Å². The van der Waals surface area contributed by atoms with Crippen molar-refractivity contribution in [1.29, 1.82) is 0 Å². The lowest BCUT2D eigenvalue weighted by Gasteiger charge is -2.08. The van der Waals surface area contributed by atoms with Gasteiger partial charge < -0.3 is 4.18 Å². The van der Waals surface area contributed by atoms with Crippen molar-refractivity contribution < 1.29 is 17.4 Å². The molecule has 0 unspecified atom stereocenters. The number of carbonyl (C=O) groups is 1. The van der Waals surface area contributed by atoms with Crippen molar-refractivity contribution >= 4 is 27.2 Å². The van der Waals surface area contributed by atoms with Crippen molar-refractivity contribution in [3.05, 3.63) is 42.0 Å². The first-order chi connectivity index (χ1) is 8.01. The summed E-state index contributed by atoms with van der Waals surface area (Å²) >= 11 is 0. The molecule has 0 amide bonds. The highest BCUT2D eigenvalue weighted by atomic mass is 32.2. The van der Waals surface area contributed by atoms with E-state index in [9.17, 15) is 13.2 Å². The lowest BCUT2D eigenvalue weighted by atomic mass is 10.0. The second kappa shape index (κ2) is 4.18. The average molecular weight is 250 g/mol. The molecular weight excluding hydrogens is 240 g/mol. The molecule has 2 aromatic carbocycles. The van der Waals surface area contributed by atoms with Gasteiger partial charge in [0.25, 0.3) is 0 Å². The maximum Gasteiger partial charge on any atom is 0.306 e. The van der Waals surface area contributed by atoms with Gasteiger partial charge in [-0.3, -0.25) is 4.79 Å². The van der Waals surface area contributed by atoms with Gasteiger partial charge in [-0.05, 0) is 16.8 Å². The smallest absolute Gasteiger partial charge is 0.306 e. The molecule has 5 heteroatoms. The molecule has 0 spiro atoms. The molecule has 2 aromatic rings. The zero-order chi connectivity index (χ0) is 12.5. The van der Waals surface area contributed by atoms with Crippen LogP contribution in [0.25, 0.3) is 10.8 Å². The molecule has 0 fully saturated rings. The summed E-state index contributed by atoms with van der Waals surface area (Å²) in [4.78, 5) is 11.1. The zero-order valence-corrected chi connectivity index (χ0v) is 9.90. The highest BCUT2D eigenvalue weighted by Gasteiger charge is 2.12. The van der Waals surface area contributed by atoms with Crippen molar-refractivity contribution in [2.24, 2.45) is 0 Å². The van der Waals surface area contributed by atoms with Crippen LogP contribution in [0.2, 0.25) is 0 Å². The van der Waals surface area contributed by atoms with Crippen LogP contribution in [0, 0.1) is 0 Å². The third kappa shape index (κ3) is 2.45. The maximum absolute atomic E-state index is 11.1. The summed E-state index contributed by atoms with van der Waals surface area (Å²) in [6.07, 6.45) is 1.54. The van der Waals surface area contributed by atoms with Gasteiger partial charge in [0.2, 0.25) is 0 Å². The molecule has 4 nitrogen and oxygen atoms in total. The van der Waals surface area contributed by atoms with E-state index in [1.807, 2.05) is 12.1 Å². The minimum atomic E-state index is -3.64. The fourth-order valence-corrected chi connectivity index (χ4v) is 2.10. The first kappa shape index (κ1) is 11.6. The third-order valence-electron chi connectivity index (χ3n) is 2.29. The van der Waals surface area contributed by atoms with E-state index in [4.69, 9.17) is 4.18 Å². The summed E-state index contributed by atoms with van der Waals surface area (Å²) in [6.45, 7) is 0. The Kier molecular flexibility index (Phi) is 2.85. The second-order valence-corrected chi connectivity index (χ2v) is 5.18. The summed E-state index contributed by atoms with van der Waals surface area (Å²) in [6, 6.07) is 10.4. The molecule has 0 radical (unpaired) electrons. The number of carbonyl (C=O) groups excluding carboxylic acids is 1. The molecule has 17 heavy (non-hydrogen) atoms. The van der Waals surface area contributed by atoms with Crippen LogP contribution in [0.5, 0.6) is 5.75 Å². The zero-order valence-electron chi connectivity index (χ0n) is 9.08. The van der Waals surface area contributed by atoms with Crippen LogP contribution < -0.4 is 4.18 Å². The Morgan fingerprint density at radius 2 is 1.82 bits per heavy atom. The number of benzene rings is 2. The van der Waals surface area contributed by atoms with E-state index in [-0.39, 0.29) is 11.3 Å². The molecule has 0 aliphatic heterocycles. The van der Waals surface area contributed by atoms with Crippen LogP contribution in [-0.4, -0.2) is 21.0 Å². The normalized spacial score (nSPS) is 11.4. The van der Waals surface area contributed by atoms with E-state index in [0.717, 1.165) is 11.6 Å². The molecule has 0 aliphatic carbocycles. The van der Waals surface area contributed by atoms with Crippen molar-refractivity contribution in [3.63, 3.8) is 0 Å². The number of hydrogen-bond acceptors (Lipinski definition) is 4. The van der Waals surface area contributed by atoms with E-state index in [0.29, 0.717) is 11.7 Å². The van der Waals surface area contributed by atoms with Crippen molar-refractivity contribution in [3.8, 4) is 5.75 Å². The fourth-order valence-electron chi connectivity index (χ4n) is 1.63. The molecule has 0 atom stereocenters. The number of hydrogen-bond donors (Lipinski definition) is 0. The van der Waals surface area contributed by atoms with Crippen LogP contribution in [0.3, 0.4) is 0 Å². The molecule has 0 aromatic heterocycles. The predicted molar refractivity (Wildman–Crippen MR) is 64.8 cm³/mol. The van der Waals surface area contributed by atoms with Gasteiger partial charge in [0.1, 0.15) is 0 Å². The van der Waals surface area contributed by atoms with E-state index < -0.39 is 10.1 Å². The summed E-state index contributed by atoms with van der Waals surface area (Å²) in [7, 11) is -3.64. The molecule has 88 valence electrons. The van der Waals surface area contributed by atoms with Crippen LogP contribution in [0.4, 0.5) is 0 Å². The quantitative estimate of drug-likeness (QED) is 0.617. The van der Waals surface area contributed by atoms with Gasteiger partial charge >= 0.3 is 10.1 Å². The Labute approximate surface area is 99.0 Å². The van der Waals surface area contributed by atoms with Crippen molar-refractivity contribution in [2.45, 2.75) is 0 Å². The van der Waals surface area contributed by atoms with Gasteiger partial charge in [-0.2, -0.15) is 8.42 Å². The molecule has 0 N–H and O–H groups in total. The fraction of sp³-hybridized carbons (Fsp3) is 0.0833. The van der Waals surface area contributed by atoms with Gasteiger partial charge in [-0.1, -0.05) is 30.3 Å². The molecule has 0 heterocycles. The highest BCUT2D eigenvalue weighted by Crippen LogP contribution is 2.27. The minimum absolute atomic E-state index is 0.0567. The number of aldehydes is 1. The SMILES string of the molecule is CS(=O)(=O)Oc1ccc2ccccc2c1C=O. The Morgan fingerprint density at radius 1 is 1.12 bits per heavy atom. The largest absolute Gasteiger partial charge is 0.382 e. The van der Waals surface area contributed by atoms with Gasteiger partial charge in [0.15, 0.2) is 12.0 Å². The van der Waals surface area contributed by atoms with Crippen molar-refractivity contribution in [2.75, 3.05) is 6.26 Å². The predicted octanol–water partition coefficient (Wildman–Crippen LogP) is 1.99. The average Bonchev–Trinajstić information content (AvgIpc) is 2.27. The first-order valence-corrected chi connectivity index (χ1v) is 6.69. The molecule has 0 saturated carbocycles.